The van der Waals surface area contributed by atoms with Gasteiger partial charge in [-0.15, -0.1) is 0 Å². The molecule has 0 saturated carbocycles. The molecule has 1 N–H and O–H groups in total. The number of nitrogens with one attached hydrogen (secondary N) is 1. The van der Waals surface area contributed by atoms with Crippen LogP contribution >= 0.6 is 0 Å². The Morgan fingerprint density at radius 3 is 2.57 bits per heavy atom. The van der Waals surface area contributed by atoms with E-state index in [0.717, 1.165) is 41.2 Å². The van der Waals surface area contributed by atoms with Gasteiger partial charge in [0.1, 0.15) is 17.3 Å². The summed E-state index contributed by atoms with van der Waals surface area (Å²) in [5, 5.41) is 7.71. The van der Waals surface area contributed by atoms with Crippen molar-refractivity contribution in [1.82, 2.24) is 14.8 Å². The number of fused-ring (bicyclic) bond motifs is 1. The zero-order chi connectivity index (χ0) is 21.1. The molecule has 0 radical (unpaired) electrons. The van der Waals surface area contributed by atoms with Crippen LogP contribution in [0.4, 0.5) is 11.6 Å². The van der Waals surface area contributed by atoms with Gasteiger partial charge in [-0.25, -0.2) is 9.67 Å². The van der Waals surface area contributed by atoms with Gasteiger partial charge in [0, 0.05) is 37.7 Å². The third kappa shape index (κ3) is 3.70. The van der Waals surface area contributed by atoms with E-state index in [0.29, 0.717) is 25.2 Å². The second-order valence-electron chi connectivity index (χ2n) is 7.22. The largest absolute Gasteiger partial charge is 0.311 e. The molecule has 4 rings (SSSR count). The Labute approximate surface area is 175 Å². The Kier molecular flexibility index (Phi) is 5.61. The maximum atomic E-state index is 12.7. The minimum absolute atomic E-state index is 0.0743. The maximum Gasteiger partial charge on any atom is 0.227 e. The van der Waals surface area contributed by atoms with Gasteiger partial charge in [0.2, 0.25) is 11.8 Å². The van der Waals surface area contributed by atoms with Gasteiger partial charge in [-0.1, -0.05) is 44.2 Å². The van der Waals surface area contributed by atoms with E-state index < -0.39 is 0 Å². The fourth-order valence-electron chi connectivity index (χ4n) is 3.75. The molecule has 7 heteroatoms. The molecule has 1 aliphatic rings. The number of aryl methyl sites for hydroxylation is 1. The standard InChI is InChI=1S/C23H25N5O2/c1-3-19(29)25-18-15-17(11-12-24-18)21-22(16-9-6-5-7-10-16)26-28-14-8-13-27(23(21)28)20(30)4-2/h5-7,9-12,15H,3-4,8,13-14H2,1-2H3,(H,24,25,29). The SMILES string of the molecule is CCC(=O)Nc1cc(-c2c(-c3ccccc3)nn3c2N(C(=O)CC)CCC3)ccn1. The van der Waals surface area contributed by atoms with Crippen LogP contribution in [0.15, 0.2) is 48.7 Å². The molecule has 0 unspecified atom stereocenters. The predicted octanol–water partition coefficient (Wildman–Crippen LogP) is 4.11. The number of carbonyl (C=O) groups excluding carboxylic acids is 2. The van der Waals surface area contributed by atoms with Crippen LogP contribution in [0, 0.1) is 0 Å². The Morgan fingerprint density at radius 1 is 1.03 bits per heavy atom. The normalized spacial score (nSPS) is 13.1. The molecule has 0 atom stereocenters. The van der Waals surface area contributed by atoms with E-state index in [4.69, 9.17) is 5.10 Å². The van der Waals surface area contributed by atoms with Crippen LogP contribution in [0.2, 0.25) is 0 Å². The second-order valence-corrected chi connectivity index (χ2v) is 7.22. The molecule has 7 nitrogen and oxygen atoms in total. The van der Waals surface area contributed by atoms with Crippen LogP contribution in [0.1, 0.15) is 33.1 Å². The zero-order valence-corrected chi connectivity index (χ0v) is 17.3. The number of carbonyl (C=O) groups is 2. The van der Waals surface area contributed by atoms with Crippen molar-refractivity contribution in [2.45, 2.75) is 39.7 Å². The van der Waals surface area contributed by atoms with Gasteiger partial charge in [-0.3, -0.25) is 14.5 Å². The Hall–Kier alpha value is -3.48. The van der Waals surface area contributed by atoms with Crippen LogP contribution in [-0.4, -0.2) is 33.1 Å². The summed E-state index contributed by atoms with van der Waals surface area (Å²) < 4.78 is 1.93. The lowest BCUT2D eigenvalue weighted by atomic mass is 10.0. The first-order valence-corrected chi connectivity index (χ1v) is 10.3. The molecule has 30 heavy (non-hydrogen) atoms. The molecule has 3 aromatic rings. The summed E-state index contributed by atoms with van der Waals surface area (Å²) in [7, 11) is 0. The number of hydrogen-bond donors (Lipinski definition) is 1. The van der Waals surface area contributed by atoms with Gasteiger partial charge in [-0.2, -0.15) is 5.10 Å². The molecule has 154 valence electrons. The summed E-state index contributed by atoms with van der Waals surface area (Å²) in [4.78, 5) is 30.7. The van der Waals surface area contributed by atoms with Crippen molar-refractivity contribution in [2.24, 2.45) is 0 Å². The molecule has 0 fully saturated rings. The molecule has 3 heterocycles. The first-order valence-electron chi connectivity index (χ1n) is 10.3. The average molecular weight is 403 g/mol. The van der Waals surface area contributed by atoms with Gasteiger partial charge in [0.25, 0.3) is 0 Å². The highest BCUT2D eigenvalue weighted by molar-refractivity contribution is 6.00. The van der Waals surface area contributed by atoms with Gasteiger partial charge < -0.3 is 5.32 Å². The summed E-state index contributed by atoms with van der Waals surface area (Å²) in [6.07, 6.45) is 3.35. The Bertz CT molecular complexity index is 1070. The Balaban J connectivity index is 1.91. The van der Waals surface area contributed by atoms with Crippen LogP contribution in [0.25, 0.3) is 22.4 Å². The van der Waals surface area contributed by atoms with E-state index in [-0.39, 0.29) is 11.8 Å². The molecule has 1 aromatic carbocycles. The molecule has 0 aliphatic carbocycles. The van der Waals surface area contributed by atoms with Crippen molar-refractivity contribution in [3.05, 3.63) is 48.7 Å². The summed E-state index contributed by atoms with van der Waals surface area (Å²) >= 11 is 0. The summed E-state index contributed by atoms with van der Waals surface area (Å²) in [6.45, 7) is 5.10. The lowest BCUT2D eigenvalue weighted by Gasteiger charge is -2.28. The molecule has 2 amide bonds. The lowest BCUT2D eigenvalue weighted by Crippen LogP contribution is -2.37. The van der Waals surface area contributed by atoms with E-state index in [1.165, 1.54) is 0 Å². The van der Waals surface area contributed by atoms with Crippen LogP contribution < -0.4 is 10.2 Å². The van der Waals surface area contributed by atoms with Crippen LogP contribution in [0.3, 0.4) is 0 Å². The minimum Gasteiger partial charge on any atom is -0.311 e. The fourth-order valence-corrected chi connectivity index (χ4v) is 3.75. The second kappa shape index (κ2) is 8.49. The quantitative estimate of drug-likeness (QED) is 0.695. The van der Waals surface area contributed by atoms with Gasteiger partial charge in [0.05, 0.1) is 5.56 Å². The van der Waals surface area contributed by atoms with Crippen LogP contribution in [-0.2, 0) is 16.1 Å². The number of nitrogens with zero attached hydrogens (tertiary/aromatic N) is 4. The molecule has 0 bridgehead atoms. The van der Waals surface area contributed by atoms with E-state index in [1.54, 1.807) is 13.1 Å². The number of hydrogen-bond acceptors (Lipinski definition) is 4. The monoisotopic (exact) mass is 403 g/mol. The average Bonchev–Trinajstić information content (AvgIpc) is 3.19. The highest BCUT2D eigenvalue weighted by Gasteiger charge is 2.30. The topological polar surface area (TPSA) is 80.1 Å². The number of anilines is 2. The highest BCUT2D eigenvalue weighted by Crippen LogP contribution is 2.41. The molecule has 0 saturated heterocycles. The van der Waals surface area contributed by atoms with Gasteiger partial charge >= 0.3 is 0 Å². The van der Waals surface area contributed by atoms with Crippen LogP contribution in [0.5, 0.6) is 0 Å². The van der Waals surface area contributed by atoms with Gasteiger partial charge in [0.15, 0.2) is 0 Å². The zero-order valence-electron chi connectivity index (χ0n) is 17.3. The summed E-state index contributed by atoms with van der Waals surface area (Å²) in [5.74, 6) is 1.28. The molecule has 0 spiro atoms. The third-order valence-corrected chi connectivity index (χ3v) is 5.22. The van der Waals surface area contributed by atoms with Crippen molar-refractivity contribution in [1.29, 1.82) is 0 Å². The third-order valence-electron chi connectivity index (χ3n) is 5.22. The molecular weight excluding hydrogens is 378 g/mol. The van der Waals surface area contributed by atoms with Crippen molar-refractivity contribution in [3.63, 3.8) is 0 Å². The first kappa shape index (κ1) is 19.8. The number of amides is 2. The minimum atomic E-state index is -0.0947. The number of aromatic nitrogens is 3. The predicted molar refractivity (Wildman–Crippen MR) is 117 cm³/mol. The van der Waals surface area contributed by atoms with Crippen molar-refractivity contribution >= 4 is 23.5 Å². The number of pyridine rings is 1. The Morgan fingerprint density at radius 2 is 1.83 bits per heavy atom. The van der Waals surface area contributed by atoms with E-state index >= 15 is 0 Å². The molecular formula is C23H25N5O2. The first-order chi connectivity index (χ1) is 14.6. The van der Waals surface area contributed by atoms with Crippen molar-refractivity contribution in [2.75, 3.05) is 16.8 Å². The molecule has 1 aliphatic heterocycles. The maximum absolute atomic E-state index is 12.7. The van der Waals surface area contributed by atoms with Crippen molar-refractivity contribution < 1.29 is 9.59 Å². The number of benzene rings is 1. The summed E-state index contributed by atoms with van der Waals surface area (Å²) in [5.41, 5.74) is 3.55. The van der Waals surface area contributed by atoms with E-state index in [9.17, 15) is 9.59 Å². The smallest absolute Gasteiger partial charge is 0.227 e. The fraction of sp³-hybridized carbons (Fsp3) is 0.304. The van der Waals surface area contributed by atoms with Crippen molar-refractivity contribution in [3.8, 4) is 22.4 Å². The summed E-state index contributed by atoms with van der Waals surface area (Å²) in [6, 6.07) is 13.7. The lowest BCUT2D eigenvalue weighted by molar-refractivity contribution is -0.118. The number of rotatable bonds is 5. The highest BCUT2D eigenvalue weighted by atomic mass is 16.2. The van der Waals surface area contributed by atoms with E-state index in [2.05, 4.69) is 10.3 Å². The van der Waals surface area contributed by atoms with E-state index in [1.807, 2.05) is 59.0 Å². The molecule has 2 aromatic heterocycles. The van der Waals surface area contributed by atoms with Gasteiger partial charge in [-0.05, 0) is 24.1 Å².